The van der Waals surface area contributed by atoms with E-state index in [2.05, 4.69) is 17.1 Å². The fourth-order valence-corrected chi connectivity index (χ4v) is 2.16. The highest BCUT2D eigenvalue weighted by molar-refractivity contribution is 4.85. The molecule has 10 heavy (non-hydrogen) atoms. The van der Waals surface area contributed by atoms with Gasteiger partial charge in [0.2, 0.25) is 0 Å². The monoisotopic (exact) mass is 140 g/mol. The van der Waals surface area contributed by atoms with Crippen molar-refractivity contribution >= 4 is 0 Å². The highest BCUT2D eigenvalue weighted by Gasteiger charge is 2.30. The van der Waals surface area contributed by atoms with Gasteiger partial charge in [-0.05, 0) is 32.7 Å². The maximum absolute atomic E-state index is 3.54. The van der Waals surface area contributed by atoms with Crippen LogP contribution >= 0.6 is 0 Å². The standard InChI is InChI=1S/C8H16N2/c1-7-4-5-9-8-3-2-6-10(7)8/h7-9H,2-6H2,1H3/t7-,8+/m0/s1. The topological polar surface area (TPSA) is 15.3 Å². The second-order valence-corrected chi connectivity index (χ2v) is 3.49. The van der Waals surface area contributed by atoms with E-state index in [1.807, 2.05) is 0 Å². The first-order valence-electron chi connectivity index (χ1n) is 4.37. The van der Waals surface area contributed by atoms with E-state index in [4.69, 9.17) is 0 Å². The van der Waals surface area contributed by atoms with Crippen LogP contribution in [0.2, 0.25) is 0 Å². The molecule has 0 saturated carbocycles. The predicted molar refractivity (Wildman–Crippen MR) is 41.8 cm³/mol. The van der Waals surface area contributed by atoms with Crippen molar-refractivity contribution in [3.8, 4) is 0 Å². The summed E-state index contributed by atoms with van der Waals surface area (Å²) in [6.07, 6.45) is 4.81. The zero-order valence-corrected chi connectivity index (χ0v) is 6.64. The Labute approximate surface area is 62.6 Å². The van der Waals surface area contributed by atoms with Gasteiger partial charge in [0.05, 0.1) is 6.17 Å². The summed E-state index contributed by atoms with van der Waals surface area (Å²) in [5, 5.41) is 3.54. The SMILES string of the molecule is C[C@H]1CCN[C@H]2CCCN21. The molecule has 2 aliphatic heterocycles. The molecule has 2 atom stereocenters. The molecule has 0 radical (unpaired) electrons. The van der Waals surface area contributed by atoms with Crippen molar-refractivity contribution in [3.63, 3.8) is 0 Å². The van der Waals surface area contributed by atoms with Gasteiger partial charge in [0.15, 0.2) is 0 Å². The highest BCUT2D eigenvalue weighted by atomic mass is 15.3. The molecule has 0 aromatic heterocycles. The molecule has 0 amide bonds. The predicted octanol–water partition coefficient (Wildman–Crippen LogP) is 0.790. The number of hydrogen-bond donors (Lipinski definition) is 1. The van der Waals surface area contributed by atoms with Gasteiger partial charge in [0, 0.05) is 12.6 Å². The molecule has 1 N–H and O–H groups in total. The minimum Gasteiger partial charge on any atom is -0.302 e. The van der Waals surface area contributed by atoms with Crippen molar-refractivity contribution in [3.05, 3.63) is 0 Å². The maximum Gasteiger partial charge on any atom is 0.0599 e. The lowest BCUT2D eigenvalue weighted by molar-refractivity contribution is 0.121. The van der Waals surface area contributed by atoms with Crippen molar-refractivity contribution in [2.24, 2.45) is 0 Å². The third kappa shape index (κ3) is 0.956. The lowest BCUT2D eigenvalue weighted by atomic mass is 10.1. The molecule has 2 nitrogen and oxygen atoms in total. The largest absolute Gasteiger partial charge is 0.302 e. The fourth-order valence-electron chi connectivity index (χ4n) is 2.16. The van der Waals surface area contributed by atoms with Gasteiger partial charge in [-0.3, -0.25) is 4.90 Å². The van der Waals surface area contributed by atoms with E-state index in [1.165, 1.54) is 32.4 Å². The summed E-state index contributed by atoms with van der Waals surface area (Å²) in [7, 11) is 0. The van der Waals surface area contributed by atoms with E-state index in [-0.39, 0.29) is 0 Å². The molecule has 0 aromatic carbocycles. The first-order valence-corrected chi connectivity index (χ1v) is 4.37. The second kappa shape index (κ2) is 2.51. The first-order chi connectivity index (χ1) is 4.88. The lowest BCUT2D eigenvalue weighted by Gasteiger charge is -2.36. The van der Waals surface area contributed by atoms with Gasteiger partial charge in [-0.25, -0.2) is 0 Å². The Kier molecular flexibility index (Phi) is 1.66. The highest BCUT2D eigenvalue weighted by Crippen LogP contribution is 2.22. The Morgan fingerprint density at radius 3 is 3.10 bits per heavy atom. The molecule has 0 spiro atoms. The molecule has 2 aliphatic rings. The van der Waals surface area contributed by atoms with Crippen molar-refractivity contribution in [2.75, 3.05) is 13.1 Å². The molecule has 2 heterocycles. The van der Waals surface area contributed by atoms with Crippen molar-refractivity contribution in [2.45, 2.75) is 38.4 Å². The van der Waals surface area contributed by atoms with Crippen LogP contribution in [0.25, 0.3) is 0 Å². The lowest BCUT2D eigenvalue weighted by Crippen LogP contribution is -2.51. The minimum atomic E-state index is 0.726. The van der Waals surface area contributed by atoms with E-state index in [0.29, 0.717) is 0 Å². The Morgan fingerprint density at radius 2 is 2.30 bits per heavy atom. The average Bonchev–Trinajstić information content (AvgIpc) is 2.36. The Bertz CT molecular complexity index is 124. The van der Waals surface area contributed by atoms with E-state index < -0.39 is 0 Å². The molecule has 0 aromatic rings. The van der Waals surface area contributed by atoms with Gasteiger partial charge in [-0.2, -0.15) is 0 Å². The van der Waals surface area contributed by atoms with Crippen molar-refractivity contribution in [1.29, 1.82) is 0 Å². The van der Waals surface area contributed by atoms with E-state index >= 15 is 0 Å². The van der Waals surface area contributed by atoms with Gasteiger partial charge in [0.25, 0.3) is 0 Å². The third-order valence-corrected chi connectivity index (χ3v) is 2.80. The number of rotatable bonds is 0. The van der Waals surface area contributed by atoms with E-state index in [0.717, 1.165) is 12.2 Å². The van der Waals surface area contributed by atoms with Crippen LogP contribution in [0.1, 0.15) is 26.2 Å². The van der Waals surface area contributed by atoms with E-state index in [9.17, 15) is 0 Å². The Morgan fingerprint density at radius 1 is 1.40 bits per heavy atom. The second-order valence-electron chi connectivity index (χ2n) is 3.49. The van der Waals surface area contributed by atoms with Crippen LogP contribution in [-0.4, -0.2) is 30.2 Å². The van der Waals surface area contributed by atoms with Crippen LogP contribution in [0, 0.1) is 0 Å². The summed E-state index contributed by atoms with van der Waals surface area (Å²) in [6, 6.07) is 0.828. The molecule has 0 unspecified atom stereocenters. The Hall–Kier alpha value is -0.0800. The molecule has 58 valence electrons. The summed E-state index contributed by atoms with van der Waals surface area (Å²) in [5.74, 6) is 0. The molecular weight excluding hydrogens is 124 g/mol. The quantitative estimate of drug-likeness (QED) is 0.535. The normalized spacial score (nSPS) is 41.7. The molecule has 2 rings (SSSR count). The van der Waals surface area contributed by atoms with Crippen LogP contribution in [0.4, 0.5) is 0 Å². The van der Waals surface area contributed by atoms with E-state index in [1.54, 1.807) is 0 Å². The minimum absolute atomic E-state index is 0.726. The number of nitrogens with zero attached hydrogens (tertiary/aromatic N) is 1. The summed E-state index contributed by atoms with van der Waals surface area (Å²) >= 11 is 0. The summed E-state index contributed by atoms with van der Waals surface area (Å²) in [6.45, 7) is 4.89. The van der Waals surface area contributed by atoms with Gasteiger partial charge in [0.1, 0.15) is 0 Å². The first kappa shape index (κ1) is 6.62. The average molecular weight is 140 g/mol. The maximum atomic E-state index is 3.54. The molecule has 0 aliphatic carbocycles. The van der Waals surface area contributed by atoms with Gasteiger partial charge in [-0.15, -0.1) is 0 Å². The Balaban J connectivity index is 2.03. The summed E-state index contributed by atoms with van der Waals surface area (Å²) in [4.78, 5) is 2.60. The number of fused-ring (bicyclic) bond motifs is 1. The molecule has 0 bridgehead atoms. The van der Waals surface area contributed by atoms with Gasteiger partial charge >= 0.3 is 0 Å². The van der Waals surface area contributed by atoms with Crippen molar-refractivity contribution in [1.82, 2.24) is 10.2 Å². The fraction of sp³-hybridized carbons (Fsp3) is 1.00. The third-order valence-electron chi connectivity index (χ3n) is 2.80. The van der Waals surface area contributed by atoms with Crippen LogP contribution in [0.15, 0.2) is 0 Å². The van der Waals surface area contributed by atoms with Crippen LogP contribution in [0.3, 0.4) is 0 Å². The zero-order chi connectivity index (χ0) is 6.97. The van der Waals surface area contributed by atoms with Gasteiger partial charge < -0.3 is 5.32 Å². The number of nitrogens with one attached hydrogen (secondary N) is 1. The summed E-state index contributed by atoms with van der Waals surface area (Å²) < 4.78 is 0. The van der Waals surface area contributed by atoms with Crippen LogP contribution < -0.4 is 5.32 Å². The number of hydrogen-bond acceptors (Lipinski definition) is 2. The molecule has 2 fully saturated rings. The van der Waals surface area contributed by atoms with Gasteiger partial charge in [-0.1, -0.05) is 0 Å². The van der Waals surface area contributed by atoms with Crippen molar-refractivity contribution < 1.29 is 0 Å². The molecule has 2 heteroatoms. The van der Waals surface area contributed by atoms with Crippen LogP contribution in [-0.2, 0) is 0 Å². The zero-order valence-electron chi connectivity index (χ0n) is 6.64. The smallest absolute Gasteiger partial charge is 0.0599 e. The summed E-state index contributed by atoms with van der Waals surface area (Å²) in [5.41, 5.74) is 0. The van der Waals surface area contributed by atoms with Crippen LogP contribution in [0.5, 0.6) is 0 Å². The molecular formula is C8H16N2. The molecule has 2 saturated heterocycles.